The van der Waals surface area contributed by atoms with Gasteiger partial charge in [0.25, 0.3) is 5.91 Å². The van der Waals surface area contributed by atoms with Crippen molar-refractivity contribution >= 4 is 27.9 Å². The Balaban J connectivity index is 1.69. The van der Waals surface area contributed by atoms with E-state index in [2.05, 4.69) is 31.9 Å². The summed E-state index contributed by atoms with van der Waals surface area (Å²) in [6.07, 6.45) is 0. The molecule has 0 aliphatic heterocycles. The Morgan fingerprint density at radius 1 is 0.962 bits per heavy atom. The molecule has 0 aliphatic rings. The van der Waals surface area contributed by atoms with Gasteiger partial charge in [0.15, 0.2) is 0 Å². The fourth-order valence-corrected chi connectivity index (χ4v) is 2.75. The van der Waals surface area contributed by atoms with E-state index in [1.54, 1.807) is 25.3 Å². The van der Waals surface area contributed by atoms with Gasteiger partial charge in [-0.2, -0.15) is 0 Å². The van der Waals surface area contributed by atoms with Gasteiger partial charge in [0, 0.05) is 36.8 Å². The number of carbonyl (C=O) groups is 2. The Morgan fingerprint density at radius 2 is 1.69 bits per heavy atom. The number of methoxy groups -OCH3 is 1. The van der Waals surface area contributed by atoms with E-state index in [0.717, 1.165) is 15.6 Å². The third kappa shape index (κ3) is 6.50. The molecule has 3 amide bonds. The first-order chi connectivity index (χ1) is 12.6. The van der Waals surface area contributed by atoms with Crippen LogP contribution in [0.5, 0.6) is 0 Å². The van der Waals surface area contributed by atoms with Gasteiger partial charge in [-0.05, 0) is 29.3 Å². The van der Waals surface area contributed by atoms with E-state index in [1.807, 2.05) is 30.3 Å². The van der Waals surface area contributed by atoms with Crippen LogP contribution in [0.25, 0.3) is 0 Å². The van der Waals surface area contributed by atoms with Crippen LogP contribution >= 0.6 is 15.9 Å². The van der Waals surface area contributed by atoms with Crippen molar-refractivity contribution in [1.82, 2.24) is 16.0 Å². The fourth-order valence-electron chi connectivity index (χ4n) is 2.35. The molecule has 0 fully saturated rings. The Bertz CT molecular complexity index is 752. The van der Waals surface area contributed by atoms with E-state index < -0.39 is 0 Å². The molecule has 0 bridgehead atoms. The maximum Gasteiger partial charge on any atom is 0.315 e. The highest BCUT2D eigenvalue weighted by Crippen LogP contribution is 2.11. The minimum Gasteiger partial charge on any atom is -0.380 e. The van der Waals surface area contributed by atoms with Gasteiger partial charge in [0.05, 0.1) is 6.61 Å². The molecular weight excluding hydrogens is 398 g/mol. The molecule has 7 heteroatoms. The zero-order chi connectivity index (χ0) is 18.8. The highest BCUT2D eigenvalue weighted by molar-refractivity contribution is 9.10. The number of hydrogen-bond donors (Lipinski definition) is 3. The van der Waals surface area contributed by atoms with Crippen molar-refractivity contribution in [1.29, 1.82) is 0 Å². The molecule has 26 heavy (non-hydrogen) atoms. The molecule has 0 saturated heterocycles. The molecular formula is C19H22BrN3O3. The lowest BCUT2D eigenvalue weighted by molar-refractivity contribution is 0.0953. The number of amides is 3. The van der Waals surface area contributed by atoms with Crippen LogP contribution in [0.2, 0.25) is 0 Å². The summed E-state index contributed by atoms with van der Waals surface area (Å²) in [7, 11) is 1.64. The summed E-state index contributed by atoms with van der Waals surface area (Å²) < 4.78 is 5.99. The SMILES string of the molecule is COCc1ccccc1CNC(=O)NCCNC(=O)c1cccc(Br)c1. The number of carbonyl (C=O) groups excluding carboxylic acids is 2. The third-order valence-corrected chi connectivity index (χ3v) is 4.13. The predicted octanol–water partition coefficient (Wildman–Crippen LogP) is 2.82. The molecule has 0 atom stereocenters. The Labute approximate surface area is 161 Å². The first-order valence-electron chi connectivity index (χ1n) is 8.21. The van der Waals surface area contributed by atoms with E-state index in [1.165, 1.54) is 0 Å². The van der Waals surface area contributed by atoms with Gasteiger partial charge in [0.2, 0.25) is 0 Å². The quantitative estimate of drug-likeness (QED) is 0.575. The number of hydrogen-bond acceptors (Lipinski definition) is 3. The van der Waals surface area contributed by atoms with Crippen LogP contribution in [0.3, 0.4) is 0 Å². The molecule has 0 aliphatic carbocycles. The van der Waals surface area contributed by atoms with Crippen molar-refractivity contribution in [2.24, 2.45) is 0 Å². The zero-order valence-electron chi connectivity index (χ0n) is 14.5. The van der Waals surface area contributed by atoms with Gasteiger partial charge in [0.1, 0.15) is 0 Å². The Kier molecular flexibility index (Phi) is 8.11. The van der Waals surface area contributed by atoms with E-state index in [4.69, 9.17) is 4.74 Å². The molecule has 2 aromatic rings. The standard InChI is InChI=1S/C19H22BrN3O3/c1-26-13-16-6-3-2-5-15(16)12-23-19(25)22-10-9-21-18(24)14-7-4-8-17(20)11-14/h2-8,11H,9-10,12-13H2,1H3,(H,21,24)(H2,22,23,25). The summed E-state index contributed by atoms with van der Waals surface area (Å²) in [5.74, 6) is -0.179. The molecule has 0 aromatic heterocycles. The van der Waals surface area contributed by atoms with Crippen LogP contribution in [-0.4, -0.2) is 32.1 Å². The molecule has 2 rings (SSSR count). The van der Waals surface area contributed by atoms with Gasteiger partial charge in [-0.1, -0.05) is 46.3 Å². The normalized spacial score (nSPS) is 10.2. The molecule has 0 unspecified atom stereocenters. The second-order valence-corrected chi connectivity index (χ2v) is 6.49. The highest BCUT2D eigenvalue weighted by atomic mass is 79.9. The number of halogens is 1. The van der Waals surface area contributed by atoms with E-state index in [0.29, 0.717) is 31.8 Å². The average Bonchev–Trinajstić information content (AvgIpc) is 2.64. The first-order valence-corrected chi connectivity index (χ1v) is 9.00. The summed E-state index contributed by atoms with van der Waals surface area (Å²) >= 11 is 3.33. The van der Waals surface area contributed by atoms with Gasteiger partial charge in [-0.3, -0.25) is 4.79 Å². The Hall–Kier alpha value is -2.38. The smallest absolute Gasteiger partial charge is 0.315 e. The predicted molar refractivity (Wildman–Crippen MR) is 104 cm³/mol. The van der Waals surface area contributed by atoms with Crippen molar-refractivity contribution in [2.75, 3.05) is 20.2 Å². The van der Waals surface area contributed by atoms with Crippen molar-refractivity contribution in [2.45, 2.75) is 13.2 Å². The van der Waals surface area contributed by atoms with Gasteiger partial charge in [-0.25, -0.2) is 4.79 Å². The maximum atomic E-state index is 12.0. The summed E-state index contributed by atoms with van der Waals surface area (Å²) in [5.41, 5.74) is 2.61. The van der Waals surface area contributed by atoms with Crippen molar-refractivity contribution < 1.29 is 14.3 Å². The molecule has 2 aromatic carbocycles. The summed E-state index contributed by atoms with van der Waals surface area (Å²) in [4.78, 5) is 23.9. The monoisotopic (exact) mass is 419 g/mol. The van der Waals surface area contributed by atoms with Crippen molar-refractivity contribution in [3.05, 3.63) is 69.7 Å². The summed E-state index contributed by atoms with van der Waals surface area (Å²) in [5, 5.41) is 8.28. The van der Waals surface area contributed by atoms with Gasteiger partial charge in [-0.15, -0.1) is 0 Å². The molecule has 6 nitrogen and oxygen atoms in total. The maximum absolute atomic E-state index is 12.0. The van der Waals surface area contributed by atoms with E-state index in [9.17, 15) is 9.59 Å². The molecule has 3 N–H and O–H groups in total. The Morgan fingerprint density at radius 3 is 2.42 bits per heavy atom. The topological polar surface area (TPSA) is 79.5 Å². The third-order valence-electron chi connectivity index (χ3n) is 3.64. The van der Waals surface area contributed by atoms with Crippen LogP contribution in [0, 0.1) is 0 Å². The number of ether oxygens (including phenoxy) is 1. The lowest BCUT2D eigenvalue weighted by Crippen LogP contribution is -2.40. The van der Waals surface area contributed by atoms with E-state index in [-0.39, 0.29) is 11.9 Å². The van der Waals surface area contributed by atoms with Crippen molar-refractivity contribution in [3.8, 4) is 0 Å². The van der Waals surface area contributed by atoms with Crippen LogP contribution < -0.4 is 16.0 Å². The largest absolute Gasteiger partial charge is 0.380 e. The van der Waals surface area contributed by atoms with Crippen LogP contribution in [0.15, 0.2) is 53.0 Å². The summed E-state index contributed by atoms with van der Waals surface area (Å²) in [6, 6.07) is 14.6. The minimum absolute atomic E-state index is 0.179. The van der Waals surface area contributed by atoms with Gasteiger partial charge >= 0.3 is 6.03 Å². The van der Waals surface area contributed by atoms with Crippen LogP contribution in [-0.2, 0) is 17.9 Å². The number of nitrogens with one attached hydrogen (secondary N) is 3. The highest BCUT2D eigenvalue weighted by Gasteiger charge is 2.06. The number of rotatable bonds is 8. The minimum atomic E-state index is -0.283. The number of urea groups is 1. The second-order valence-electron chi connectivity index (χ2n) is 5.58. The first kappa shape index (κ1) is 19.9. The zero-order valence-corrected chi connectivity index (χ0v) is 16.1. The molecule has 138 valence electrons. The van der Waals surface area contributed by atoms with Crippen LogP contribution in [0.4, 0.5) is 4.79 Å². The molecule has 0 heterocycles. The molecule has 0 spiro atoms. The molecule has 0 radical (unpaired) electrons. The molecule has 0 saturated carbocycles. The lowest BCUT2D eigenvalue weighted by Gasteiger charge is -2.11. The second kappa shape index (κ2) is 10.6. The van der Waals surface area contributed by atoms with Crippen molar-refractivity contribution in [3.63, 3.8) is 0 Å². The van der Waals surface area contributed by atoms with Gasteiger partial charge < -0.3 is 20.7 Å². The fraction of sp³-hybridized carbons (Fsp3) is 0.263. The lowest BCUT2D eigenvalue weighted by atomic mass is 10.1. The number of benzene rings is 2. The average molecular weight is 420 g/mol. The van der Waals surface area contributed by atoms with E-state index >= 15 is 0 Å². The summed E-state index contributed by atoms with van der Waals surface area (Å²) in [6.45, 7) is 1.60. The van der Waals surface area contributed by atoms with Crippen LogP contribution in [0.1, 0.15) is 21.5 Å².